The molecule has 3 aromatic carbocycles. The molecule has 3 heteroatoms. The van der Waals surface area contributed by atoms with Gasteiger partial charge in [-0.25, -0.2) is 0 Å². The van der Waals surface area contributed by atoms with Crippen molar-refractivity contribution in [3.05, 3.63) is 90.5 Å². The highest BCUT2D eigenvalue weighted by Crippen LogP contribution is 2.17. The summed E-state index contributed by atoms with van der Waals surface area (Å²) in [7, 11) is 0. The Morgan fingerprint density at radius 1 is 0.708 bits per heavy atom. The largest absolute Gasteiger partial charge is 0.508 e. The smallest absolute Gasteiger partial charge is 0.115 e. The van der Waals surface area contributed by atoms with Crippen LogP contribution in [0.5, 0.6) is 5.75 Å². The van der Waals surface area contributed by atoms with Crippen molar-refractivity contribution in [3.8, 4) is 16.9 Å². The minimum absolute atomic E-state index is 0.0130. The third kappa shape index (κ3) is 5.88. The van der Waals surface area contributed by atoms with Gasteiger partial charge in [0.2, 0.25) is 0 Å². The van der Waals surface area contributed by atoms with Gasteiger partial charge in [0.1, 0.15) is 5.75 Å². The molecule has 1 unspecified atom stereocenters. The van der Waals surface area contributed by atoms with Crippen LogP contribution in [0.1, 0.15) is 5.56 Å². The Bertz CT molecular complexity index is 659. The van der Waals surface area contributed by atoms with Gasteiger partial charge in [-0.15, -0.1) is 0 Å². The molecule has 0 aromatic heterocycles. The number of hydrogen-bond donors (Lipinski definition) is 3. The summed E-state index contributed by atoms with van der Waals surface area (Å²) in [5, 5.41) is 17.6. The van der Waals surface area contributed by atoms with Crippen LogP contribution in [0.4, 0.5) is 0 Å². The van der Waals surface area contributed by atoms with E-state index in [0.29, 0.717) is 6.42 Å². The number of aliphatic hydroxyl groups is 1. The van der Waals surface area contributed by atoms with Crippen molar-refractivity contribution < 1.29 is 10.2 Å². The highest BCUT2D eigenvalue weighted by Gasteiger charge is 2.01. The zero-order chi connectivity index (χ0) is 17.2. The minimum atomic E-state index is -0.213. The fraction of sp³-hybridized carbons (Fsp3) is 0.143. The maximum absolute atomic E-state index is 8.97. The summed E-state index contributed by atoms with van der Waals surface area (Å²) >= 11 is 0. The van der Waals surface area contributed by atoms with Gasteiger partial charge >= 0.3 is 0 Å². The van der Waals surface area contributed by atoms with Crippen LogP contribution in [-0.2, 0) is 6.42 Å². The van der Waals surface area contributed by atoms with E-state index >= 15 is 0 Å². The number of nitrogens with two attached hydrogens (primary N) is 1. The molecule has 3 nitrogen and oxygen atoms in total. The van der Waals surface area contributed by atoms with Crippen molar-refractivity contribution in [2.75, 3.05) is 6.61 Å². The van der Waals surface area contributed by atoms with E-state index in [0.717, 1.165) is 5.56 Å². The molecule has 0 aliphatic heterocycles. The van der Waals surface area contributed by atoms with Crippen LogP contribution in [0.25, 0.3) is 11.1 Å². The molecule has 124 valence electrons. The molecule has 0 radical (unpaired) electrons. The summed E-state index contributed by atoms with van der Waals surface area (Å²) in [6.07, 6.45) is 0.636. The van der Waals surface area contributed by atoms with Crippen LogP contribution in [-0.4, -0.2) is 22.9 Å². The van der Waals surface area contributed by atoms with Crippen LogP contribution < -0.4 is 5.73 Å². The fourth-order valence-electron chi connectivity index (χ4n) is 2.26. The van der Waals surface area contributed by atoms with Gasteiger partial charge in [0, 0.05) is 6.04 Å². The second-order valence-electron chi connectivity index (χ2n) is 5.55. The lowest BCUT2D eigenvalue weighted by Crippen LogP contribution is -2.26. The summed E-state index contributed by atoms with van der Waals surface area (Å²) in [5.41, 5.74) is 9.11. The first-order valence-electron chi connectivity index (χ1n) is 7.94. The number of benzene rings is 3. The summed E-state index contributed by atoms with van der Waals surface area (Å²) < 4.78 is 0. The maximum Gasteiger partial charge on any atom is 0.115 e. The molecule has 0 fully saturated rings. The molecule has 24 heavy (non-hydrogen) atoms. The lowest BCUT2D eigenvalue weighted by molar-refractivity contribution is 0.265. The van der Waals surface area contributed by atoms with Gasteiger partial charge in [-0.1, -0.05) is 72.8 Å². The fourth-order valence-corrected chi connectivity index (χ4v) is 2.26. The minimum Gasteiger partial charge on any atom is -0.508 e. The number of rotatable bonds is 4. The molecule has 0 aliphatic rings. The molecule has 0 heterocycles. The van der Waals surface area contributed by atoms with E-state index < -0.39 is 0 Å². The Balaban J connectivity index is 0.000000174. The molecule has 1 atom stereocenters. The Kier molecular flexibility index (Phi) is 7.02. The van der Waals surface area contributed by atoms with Crippen molar-refractivity contribution in [2.24, 2.45) is 5.73 Å². The molecule has 3 rings (SSSR count). The van der Waals surface area contributed by atoms with Gasteiger partial charge in [-0.2, -0.15) is 0 Å². The summed E-state index contributed by atoms with van der Waals surface area (Å²) in [5.74, 6) is 0.247. The van der Waals surface area contributed by atoms with E-state index in [9.17, 15) is 0 Å². The average molecular weight is 321 g/mol. The predicted octanol–water partition coefficient (Wildman–Crippen LogP) is 3.61. The average Bonchev–Trinajstić information content (AvgIpc) is 2.65. The van der Waals surface area contributed by atoms with Gasteiger partial charge in [0.05, 0.1) is 6.61 Å². The van der Waals surface area contributed by atoms with Gasteiger partial charge in [-0.05, 0) is 35.2 Å². The molecule has 0 bridgehead atoms. The number of aliphatic hydroxyl groups excluding tert-OH is 1. The molecule has 4 N–H and O–H groups in total. The Labute approximate surface area is 143 Å². The highest BCUT2D eigenvalue weighted by atomic mass is 16.3. The lowest BCUT2D eigenvalue weighted by Gasteiger charge is -2.07. The second kappa shape index (κ2) is 9.50. The van der Waals surface area contributed by atoms with Crippen molar-refractivity contribution in [3.63, 3.8) is 0 Å². The van der Waals surface area contributed by atoms with Gasteiger partial charge in [-0.3, -0.25) is 0 Å². The first-order chi connectivity index (χ1) is 11.7. The maximum atomic E-state index is 8.97. The number of aromatic hydroxyl groups is 1. The molecule has 0 saturated heterocycles. The van der Waals surface area contributed by atoms with Crippen LogP contribution in [0.2, 0.25) is 0 Å². The summed E-state index contributed by atoms with van der Waals surface area (Å²) in [6, 6.07) is 27.4. The van der Waals surface area contributed by atoms with Crippen LogP contribution in [0.15, 0.2) is 84.9 Å². The molecular weight excluding hydrogens is 298 g/mol. The van der Waals surface area contributed by atoms with Gasteiger partial charge in [0.25, 0.3) is 0 Å². The number of phenols is 1. The van der Waals surface area contributed by atoms with E-state index in [1.54, 1.807) is 24.3 Å². The molecule has 3 aromatic rings. The van der Waals surface area contributed by atoms with Crippen LogP contribution in [0.3, 0.4) is 0 Å². The highest BCUT2D eigenvalue weighted by molar-refractivity contribution is 5.62. The van der Waals surface area contributed by atoms with E-state index in [1.165, 1.54) is 11.1 Å². The van der Waals surface area contributed by atoms with Crippen LogP contribution in [0, 0.1) is 0 Å². The SMILES string of the molecule is NC(CO)Cc1ccc(O)cc1.c1ccc(-c2ccccc2)cc1. The quantitative estimate of drug-likeness (QED) is 0.688. The molecule has 0 aliphatic carbocycles. The van der Waals surface area contributed by atoms with Crippen molar-refractivity contribution in [2.45, 2.75) is 12.5 Å². The molecule has 0 saturated carbocycles. The summed E-state index contributed by atoms with van der Waals surface area (Å²) in [4.78, 5) is 0. The first kappa shape index (κ1) is 17.7. The molecular formula is C21H23NO2. The van der Waals surface area contributed by atoms with Crippen molar-refractivity contribution in [1.29, 1.82) is 0 Å². The Morgan fingerprint density at radius 2 is 1.17 bits per heavy atom. The number of hydrogen-bond acceptors (Lipinski definition) is 3. The topological polar surface area (TPSA) is 66.5 Å². The first-order valence-corrected chi connectivity index (χ1v) is 7.94. The van der Waals surface area contributed by atoms with E-state index in [1.807, 2.05) is 12.1 Å². The monoisotopic (exact) mass is 321 g/mol. The van der Waals surface area contributed by atoms with E-state index in [-0.39, 0.29) is 18.4 Å². The Hall–Kier alpha value is -2.62. The summed E-state index contributed by atoms with van der Waals surface area (Å²) in [6.45, 7) is -0.0130. The van der Waals surface area contributed by atoms with Crippen molar-refractivity contribution in [1.82, 2.24) is 0 Å². The van der Waals surface area contributed by atoms with Crippen molar-refractivity contribution >= 4 is 0 Å². The molecule has 0 spiro atoms. The second-order valence-corrected chi connectivity index (χ2v) is 5.55. The zero-order valence-electron chi connectivity index (χ0n) is 13.5. The lowest BCUT2D eigenvalue weighted by atomic mass is 10.1. The number of phenolic OH excluding ortho intramolecular Hbond substituents is 1. The van der Waals surface area contributed by atoms with Crippen LogP contribution >= 0.6 is 0 Å². The standard InChI is InChI=1S/C12H10.C9H13NO2/c1-3-7-11(8-4-1)12-9-5-2-6-10-12;10-8(6-11)5-7-1-3-9(12)4-2-7/h1-10H;1-4,8,11-12H,5-6,10H2. The van der Waals surface area contributed by atoms with Gasteiger partial charge in [0.15, 0.2) is 0 Å². The van der Waals surface area contributed by atoms with Gasteiger partial charge < -0.3 is 15.9 Å². The van der Waals surface area contributed by atoms with E-state index in [4.69, 9.17) is 15.9 Å². The van der Waals surface area contributed by atoms with E-state index in [2.05, 4.69) is 48.5 Å². The normalized spacial score (nSPS) is 11.2. The Morgan fingerprint density at radius 3 is 1.58 bits per heavy atom. The molecule has 0 amide bonds. The third-order valence-corrected chi connectivity index (χ3v) is 3.55. The zero-order valence-corrected chi connectivity index (χ0v) is 13.5. The predicted molar refractivity (Wildman–Crippen MR) is 98.8 cm³/mol. The third-order valence-electron chi connectivity index (χ3n) is 3.55.